The second kappa shape index (κ2) is 5.82. The van der Waals surface area contributed by atoms with Crippen molar-refractivity contribution < 1.29 is 23.8 Å². The van der Waals surface area contributed by atoms with E-state index in [-0.39, 0.29) is 28.8 Å². The van der Waals surface area contributed by atoms with E-state index < -0.39 is 11.8 Å². The van der Waals surface area contributed by atoms with Crippen LogP contribution in [0.15, 0.2) is 18.2 Å². The topological polar surface area (TPSA) is 84.4 Å². The second-order valence-electron chi connectivity index (χ2n) is 4.62. The molecule has 2 N–H and O–H groups in total. The van der Waals surface area contributed by atoms with Crippen molar-refractivity contribution >= 4 is 5.97 Å². The first kappa shape index (κ1) is 14.8. The fraction of sp³-hybridized carbons (Fsp3) is 0.286. The van der Waals surface area contributed by atoms with Crippen LogP contribution in [0.5, 0.6) is 11.5 Å². The summed E-state index contributed by atoms with van der Waals surface area (Å²) in [6, 6.07) is 3.88. The van der Waals surface area contributed by atoms with E-state index in [1.165, 1.54) is 25.3 Å². The number of carboxylic acids is 1. The summed E-state index contributed by atoms with van der Waals surface area (Å²) in [4.78, 5) is 10.8. The molecule has 21 heavy (non-hydrogen) atoms. The maximum Gasteiger partial charge on any atom is 0.353 e. The molecule has 0 amide bonds. The van der Waals surface area contributed by atoms with Gasteiger partial charge < -0.3 is 14.6 Å². The van der Waals surface area contributed by atoms with Crippen molar-refractivity contribution in [1.82, 2.24) is 10.2 Å². The molecule has 112 valence electrons. The van der Waals surface area contributed by atoms with E-state index in [9.17, 15) is 9.18 Å². The molecule has 0 aliphatic heterocycles. The Kier molecular flexibility index (Phi) is 4.11. The van der Waals surface area contributed by atoms with Gasteiger partial charge in [0.05, 0.1) is 18.9 Å². The standard InChI is InChI=1S/C14H15FN2O4/c1-7(2)21-13-5-9(15)8(4-12(13)20-3)10-6-11(14(18)19)17-16-10/h4-7H,1-3H3,(H,16,17)(H,18,19). The zero-order valence-electron chi connectivity index (χ0n) is 11.8. The number of H-pyrrole nitrogens is 1. The van der Waals surface area contributed by atoms with Crippen LogP contribution in [0.25, 0.3) is 11.3 Å². The largest absolute Gasteiger partial charge is 0.493 e. The number of ether oxygens (including phenoxy) is 2. The average molecular weight is 294 g/mol. The molecule has 0 bridgehead atoms. The van der Waals surface area contributed by atoms with Crippen molar-refractivity contribution in [3.8, 4) is 22.8 Å². The minimum atomic E-state index is -1.17. The molecule has 0 aliphatic rings. The summed E-state index contributed by atoms with van der Waals surface area (Å²) in [7, 11) is 1.44. The van der Waals surface area contributed by atoms with Gasteiger partial charge in [0.25, 0.3) is 0 Å². The average Bonchev–Trinajstić information content (AvgIpc) is 2.88. The van der Waals surface area contributed by atoms with Crippen LogP contribution < -0.4 is 9.47 Å². The minimum Gasteiger partial charge on any atom is -0.493 e. The molecule has 1 aromatic heterocycles. The monoisotopic (exact) mass is 294 g/mol. The Hall–Kier alpha value is -2.57. The Balaban J connectivity index is 2.46. The predicted molar refractivity (Wildman–Crippen MR) is 73.3 cm³/mol. The lowest BCUT2D eigenvalue weighted by Gasteiger charge is -2.14. The number of carboxylic acid groups (broad SMARTS) is 1. The summed E-state index contributed by atoms with van der Waals surface area (Å²) in [5.74, 6) is -1.11. The zero-order chi connectivity index (χ0) is 15.6. The van der Waals surface area contributed by atoms with Crippen LogP contribution in [0.2, 0.25) is 0 Å². The zero-order valence-corrected chi connectivity index (χ0v) is 11.8. The Morgan fingerprint density at radius 1 is 1.33 bits per heavy atom. The number of aromatic carboxylic acids is 1. The quantitative estimate of drug-likeness (QED) is 0.885. The van der Waals surface area contributed by atoms with E-state index in [2.05, 4.69) is 10.2 Å². The number of benzene rings is 1. The summed E-state index contributed by atoms with van der Waals surface area (Å²) < 4.78 is 24.8. The van der Waals surface area contributed by atoms with Crippen molar-refractivity contribution in [2.75, 3.05) is 7.11 Å². The van der Waals surface area contributed by atoms with Crippen LogP contribution in [-0.2, 0) is 0 Å². The number of carbonyl (C=O) groups is 1. The summed E-state index contributed by atoms with van der Waals surface area (Å²) >= 11 is 0. The maximum absolute atomic E-state index is 14.2. The van der Waals surface area contributed by atoms with Crippen LogP contribution in [0.4, 0.5) is 4.39 Å². The van der Waals surface area contributed by atoms with E-state index in [4.69, 9.17) is 14.6 Å². The molecular formula is C14H15FN2O4. The van der Waals surface area contributed by atoms with Gasteiger partial charge in [-0.25, -0.2) is 9.18 Å². The third-order valence-corrected chi connectivity index (χ3v) is 2.70. The molecule has 0 aliphatic carbocycles. The highest BCUT2D eigenvalue weighted by Crippen LogP contribution is 2.35. The summed E-state index contributed by atoms with van der Waals surface area (Å²) in [5, 5.41) is 15.0. The molecular weight excluding hydrogens is 279 g/mol. The third-order valence-electron chi connectivity index (χ3n) is 2.70. The molecule has 0 spiro atoms. The van der Waals surface area contributed by atoms with Crippen LogP contribution >= 0.6 is 0 Å². The smallest absolute Gasteiger partial charge is 0.353 e. The van der Waals surface area contributed by atoms with Gasteiger partial charge in [-0.2, -0.15) is 5.10 Å². The Morgan fingerprint density at radius 3 is 2.57 bits per heavy atom. The van der Waals surface area contributed by atoms with E-state index in [0.29, 0.717) is 5.75 Å². The van der Waals surface area contributed by atoms with Crippen LogP contribution in [-0.4, -0.2) is 34.5 Å². The van der Waals surface area contributed by atoms with E-state index in [0.717, 1.165) is 0 Å². The second-order valence-corrected chi connectivity index (χ2v) is 4.62. The lowest BCUT2D eigenvalue weighted by Crippen LogP contribution is -2.07. The number of nitrogens with zero attached hydrogens (tertiary/aromatic N) is 1. The number of methoxy groups -OCH3 is 1. The maximum atomic E-state index is 14.2. The lowest BCUT2D eigenvalue weighted by atomic mass is 10.1. The summed E-state index contributed by atoms with van der Waals surface area (Å²) in [6.45, 7) is 3.64. The van der Waals surface area contributed by atoms with E-state index in [1.807, 2.05) is 13.8 Å². The van der Waals surface area contributed by atoms with Gasteiger partial charge in [0.1, 0.15) is 11.5 Å². The predicted octanol–water partition coefficient (Wildman–Crippen LogP) is 2.71. The Morgan fingerprint density at radius 2 is 2.05 bits per heavy atom. The summed E-state index contributed by atoms with van der Waals surface area (Å²) in [6.07, 6.45) is -0.131. The molecule has 6 nitrogen and oxygen atoms in total. The molecule has 0 saturated carbocycles. The number of aromatic nitrogens is 2. The highest BCUT2D eigenvalue weighted by Gasteiger charge is 2.17. The molecule has 0 saturated heterocycles. The molecule has 2 rings (SSSR count). The van der Waals surface area contributed by atoms with Gasteiger partial charge in [-0.05, 0) is 26.0 Å². The first-order chi connectivity index (χ1) is 9.92. The first-order valence-corrected chi connectivity index (χ1v) is 6.25. The molecule has 2 aromatic rings. The number of hydrogen-bond donors (Lipinski definition) is 2. The molecule has 0 fully saturated rings. The van der Waals surface area contributed by atoms with Crippen LogP contribution in [0, 0.1) is 5.82 Å². The van der Waals surface area contributed by atoms with Gasteiger partial charge in [0.15, 0.2) is 11.5 Å². The fourth-order valence-corrected chi connectivity index (χ4v) is 1.81. The van der Waals surface area contributed by atoms with Crippen LogP contribution in [0.1, 0.15) is 24.3 Å². The van der Waals surface area contributed by atoms with E-state index in [1.54, 1.807) is 0 Å². The molecule has 0 atom stereocenters. The molecule has 7 heteroatoms. The van der Waals surface area contributed by atoms with Crippen molar-refractivity contribution in [2.24, 2.45) is 0 Å². The number of hydrogen-bond acceptors (Lipinski definition) is 4. The Labute approximate surface area is 120 Å². The molecule has 0 unspecified atom stereocenters. The number of nitrogens with one attached hydrogen (secondary N) is 1. The lowest BCUT2D eigenvalue weighted by molar-refractivity contribution is 0.0690. The highest BCUT2D eigenvalue weighted by molar-refractivity contribution is 5.87. The minimum absolute atomic E-state index is 0.120. The number of halogens is 1. The van der Waals surface area contributed by atoms with Crippen molar-refractivity contribution in [1.29, 1.82) is 0 Å². The summed E-state index contributed by atoms with van der Waals surface area (Å²) in [5.41, 5.74) is 0.192. The van der Waals surface area contributed by atoms with Gasteiger partial charge in [0, 0.05) is 11.6 Å². The highest BCUT2D eigenvalue weighted by atomic mass is 19.1. The normalized spacial score (nSPS) is 10.7. The third kappa shape index (κ3) is 3.13. The van der Waals surface area contributed by atoms with Crippen molar-refractivity contribution in [3.63, 3.8) is 0 Å². The van der Waals surface area contributed by atoms with Gasteiger partial charge in [-0.15, -0.1) is 0 Å². The molecule has 0 radical (unpaired) electrons. The number of rotatable bonds is 5. The van der Waals surface area contributed by atoms with Gasteiger partial charge in [0.2, 0.25) is 0 Å². The molecule has 1 heterocycles. The van der Waals surface area contributed by atoms with Gasteiger partial charge in [-0.1, -0.05) is 0 Å². The SMILES string of the molecule is COc1cc(-c2cc(C(=O)O)[nH]n2)c(F)cc1OC(C)C. The van der Waals surface area contributed by atoms with Crippen LogP contribution in [0.3, 0.4) is 0 Å². The Bertz CT molecular complexity index is 667. The van der Waals surface area contributed by atoms with E-state index >= 15 is 0 Å². The van der Waals surface area contributed by atoms with Crippen molar-refractivity contribution in [3.05, 3.63) is 29.7 Å². The van der Waals surface area contributed by atoms with Gasteiger partial charge in [-0.3, -0.25) is 5.10 Å². The van der Waals surface area contributed by atoms with Gasteiger partial charge >= 0.3 is 5.97 Å². The molecule has 1 aromatic carbocycles. The fourth-order valence-electron chi connectivity index (χ4n) is 1.81. The first-order valence-electron chi connectivity index (χ1n) is 6.25. The van der Waals surface area contributed by atoms with Crippen molar-refractivity contribution in [2.45, 2.75) is 20.0 Å². The number of aromatic amines is 1.